The summed E-state index contributed by atoms with van der Waals surface area (Å²) in [6, 6.07) is -0.479. The fourth-order valence-corrected chi connectivity index (χ4v) is 7.98. The second-order valence-electron chi connectivity index (χ2n) is 7.98. The van der Waals surface area contributed by atoms with Gasteiger partial charge in [0.2, 0.25) is 10.0 Å². The summed E-state index contributed by atoms with van der Waals surface area (Å²) in [6.07, 6.45) is 0.371. The van der Waals surface area contributed by atoms with E-state index < -0.39 is 25.9 Å². The second kappa shape index (κ2) is 7.24. The monoisotopic (exact) mass is 401 g/mol. The molecule has 1 aliphatic heterocycles. The minimum absolute atomic E-state index is 0.0612. The first-order valence-corrected chi connectivity index (χ1v) is 12.3. The third-order valence-corrected chi connectivity index (χ3v) is 9.60. The van der Waals surface area contributed by atoms with Gasteiger partial charge in [0.05, 0.1) is 16.4 Å². The number of sulfonamides is 1. The maximum atomic E-state index is 13.7. The third-order valence-electron chi connectivity index (χ3n) is 5.66. The Balaban J connectivity index is 2.66. The van der Waals surface area contributed by atoms with Crippen molar-refractivity contribution in [2.75, 3.05) is 18.1 Å². The Bertz CT molecular complexity index is 886. The Kier molecular flexibility index (Phi) is 5.96. The van der Waals surface area contributed by atoms with Crippen molar-refractivity contribution in [1.29, 1.82) is 0 Å². The molecule has 1 aliphatic rings. The van der Waals surface area contributed by atoms with Crippen LogP contribution in [0.25, 0.3) is 0 Å². The van der Waals surface area contributed by atoms with E-state index in [2.05, 4.69) is 0 Å². The summed E-state index contributed by atoms with van der Waals surface area (Å²) in [5.41, 5.74) is 4.60. The average molecular weight is 402 g/mol. The van der Waals surface area contributed by atoms with Crippen LogP contribution in [0.4, 0.5) is 0 Å². The van der Waals surface area contributed by atoms with Gasteiger partial charge in [0.1, 0.15) is 0 Å². The molecule has 0 spiro atoms. The zero-order chi connectivity index (χ0) is 20.0. The van der Waals surface area contributed by atoms with Gasteiger partial charge >= 0.3 is 0 Å². The largest absolute Gasteiger partial charge is 0.243 e. The molecule has 0 saturated carbocycles. The molecule has 1 aromatic rings. The van der Waals surface area contributed by atoms with Gasteiger partial charge in [-0.15, -0.1) is 0 Å². The van der Waals surface area contributed by atoms with Crippen molar-refractivity contribution in [2.24, 2.45) is 5.92 Å². The van der Waals surface area contributed by atoms with E-state index in [0.717, 1.165) is 27.8 Å². The Morgan fingerprint density at radius 3 is 1.81 bits per heavy atom. The summed E-state index contributed by atoms with van der Waals surface area (Å²) in [5.74, 6) is 0.0911. The molecule has 2 rings (SSSR count). The zero-order valence-corrected chi connectivity index (χ0v) is 18.5. The first kappa shape index (κ1) is 21.4. The van der Waals surface area contributed by atoms with Gasteiger partial charge in [-0.3, -0.25) is 0 Å². The molecule has 0 amide bonds. The maximum Gasteiger partial charge on any atom is 0.243 e. The van der Waals surface area contributed by atoms with E-state index in [-0.39, 0.29) is 17.4 Å². The van der Waals surface area contributed by atoms with Crippen molar-refractivity contribution < 1.29 is 16.8 Å². The lowest BCUT2D eigenvalue weighted by molar-refractivity contribution is 0.307. The van der Waals surface area contributed by atoms with E-state index in [1.165, 1.54) is 4.31 Å². The Morgan fingerprint density at radius 2 is 1.42 bits per heavy atom. The fourth-order valence-electron chi connectivity index (χ4n) is 3.78. The van der Waals surface area contributed by atoms with Crippen molar-refractivity contribution >= 4 is 19.9 Å². The number of benzene rings is 1. The van der Waals surface area contributed by atoms with Gasteiger partial charge in [-0.2, -0.15) is 4.31 Å². The highest BCUT2D eigenvalue weighted by Gasteiger charge is 2.40. The normalized spacial score (nSPS) is 20.3. The van der Waals surface area contributed by atoms with E-state index in [1.807, 2.05) is 48.5 Å². The summed E-state index contributed by atoms with van der Waals surface area (Å²) in [6.45, 7) is 13.8. The summed E-state index contributed by atoms with van der Waals surface area (Å²) in [4.78, 5) is 0.350. The van der Waals surface area contributed by atoms with E-state index >= 15 is 0 Å². The summed E-state index contributed by atoms with van der Waals surface area (Å²) >= 11 is 0. The molecule has 0 aliphatic carbocycles. The molecule has 1 heterocycles. The van der Waals surface area contributed by atoms with Crippen molar-refractivity contribution in [3.8, 4) is 0 Å². The average Bonchev–Trinajstić information content (AvgIpc) is 2.88. The van der Waals surface area contributed by atoms with Crippen LogP contribution in [0.3, 0.4) is 0 Å². The standard InChI is InChI=1S/C19H31NO4S2/c1-12(2)10-20(18-8-9-25(21,22)11-18)26(23,24)19-16(6)14(4)13(3)15(5)17(19)7/h12,18H,8-11H2,1-7H3/t18-/m0/s1. The smallest absolute Gasteiger partial charge is 0.229 e. The van der Waals surface area contributed by atoms with Gasteiger partial charge in [0.15, 0.2) is 9.84 Å². The predicted molar refractivity (Wildman–Crippen MR) is 106 cm³/mol. The second-order valence-corrected chi connectivity index (χ2v) is 12.0. The molecule has 0 aromatic heterocycles. The van der Waals surface area contributed by atoms with Crippen molar-refractivity contribution in [1.82, 2.24) is 4.31 Å². The molecule has 1 fully saturated rings. The molecule has 0 unspecified atom stereocenters. The van der Waals surface area contributed by atoms with Crippen LogP contribution in [0.15, 0.2) is 4.90 Å². The summed E-state index contributed by atoms with van der Waals surface area (Å²) in [7, 11) is -6.95. The van der Waals surface area contributed by atoms with Gasteiger partial charge in [-0.1, -0.05) is 13.8 Å². The van der Waals surface area contributed by atoms with Crippen molar-refractivity contribution in [3.05, 3.63) is 27.8 Å². The van der Waals surface area contributed by atoms with Crippen LogP contribution in [0, 0.1) is 40.5 Å². The highest BCUT2D eigenvalue weighted by atomic mass is 32.2. The number of rotatable bonds is 5. The van der Waals surface area contributed by atoms with Gasteiger partial charge in [0, 0.05) is 12.6 Å². The van der Waals surface area contributed by atoms with Crippen LogP contribution in [0.5, 0.6) is 0 Å². The topological polar surface area (TPSA) is 71.5 Å². The summed E-state index contributed by atoms with van der Waals surface area (Å²) in [5, 5.41) is 0. The highest BCUT2D eigenvalue weighted by molar-refractivity contribution is 7.92. The molecule has 0 N–H and O–H groups in total. The molecular formula is C19H31NO4S2. The maximum absolute atomic E-state index is 13.7. The van der Waals surface area contributed by atoms with Gasteiger partial charge in [-0.25, -0.2) is 16.8 Å². The molecule has 5 nitrogen and oxygen atoms in total. The molecule has 148 valence electrons. The van der Waals surface area contributed by atoms with Crippen LogP contribution in [-0.2, 0) is 19.9 Å². The Hall–Kier alpha value is -0.920. The number of nitrogens with zero attached hydrogens (tertiary/aromatic N) is 1. The van der Waals surface area contributed by atoms with Crippen LogP contribution < -0.4 is 0 Å². The Labute approximate surface area is 158 Å². The molecule has 26 heavy (non-hydrogen) atoms. The molecule has 1 atom stereocenters. The molecule has 7 heteroatoms. The lowest BCUT2D eigenvalue weighted by Gasteiger charge is -2.31. The van der Waals surface area contributed by atoms with Crippen LogP contribution in [-0.4, -0.2) is 45.2 Å². The molecule has 0 radical (unpaired) electrons. The van der Waals surface area contributed by atoms with Gasteiger partial charge in [-0.05, 0) is 74.8 Å². The van der Waals surface area contributed by atoms with Crippen LogP contribution in [0.1, 0.15) is 48.1 Å². The van der Waals surface area contributed by atoms with Crippen LogP contribution in [0.2, 0.25) is 0 Å². The van der Waals surface area contributed by atoms with E-state index in [1.54, 1.807) is 0 Å². The lowest BCUT2D eigenvalue weighted by atomic mass is 9.95. The Morgan fingerprint density at radius 1 is 0.962 bits per heavy atom. The first-order valence-electron chi connectivity index (χ1n) is 9.08. The van der Waals surface area contributed by atoms with Gasteiger partial charge in [0.25, 0.3) is 0 Å². The van der Waals surface area contributed by atoms with Crippen molar-refractivity contribution in [2.45, 2.75) is 65.8 Å². The lowest BCUT2D eigenvalue weighted by Crippen LogP contribution is -2.43. The molecule has 0 bridgehead atoms. The first-order chi connectivity index (χ1) is 11.8. The van der Waals surface area contributed by atoms with E-state index in [9.17, 15) is 16.8 Å². The predicted octanol–water partition coefficient (Wildman–Crippen LogP) is 3.06. The number of hydrogen-bond donors (Lipinski definition) is 0. The zero-order valence-electron chi connectivity index (χ0n) is 16.9. The third kappa shape index (κ3) is 3.85. The SMILES string of the molecule is Cc1c(C)c(C)c(S(=O)(=O)N(CC(C)C)[C@H]2CCS(=O)(=O)C2)c(C)c1C. The fraction of sp³-hybridized carbons (Fsp3) is 0.684. The highest BCUT2D eigenvalue weighted by Crippen LogP contribution is 2.34. The van der Waals surface area contributed by atoms with Crippen molar-refractivity contribution in [3.63, 3.8) is 0 Å². The van der Waals surface area contributed by atoms with Gasteiger partial charge < -0.3 is 0 Å². The minimum Gasteiger partial charge on any atom is -0.229 e. The van der Waals surface area contributed by atoms with E-state index in [0.29, 0.717) is 17.9 Å². The summed E-state index contributed by atoms with van der Waals surface area (Å²) < 4.78 is 52.7. The molecule has 1 saturated heterocycles. The minimum atomic E-state index is -3.78. The van der Waals surface area contributed by atoms with E-state index in [4.69, 9.17) is 0 Å². The molecular weight excluding hydrogens is 370 g/mol. The molecule has 1 aromatic carbocycles. The van der Waals surface area contributed by atoms with Crippen LogP contribution >= 0.6 is 0 Å². The number of hydrogen-bond acceptors (Lipinski definition) is 4. The number of sulfone groups is 1. The quantitative estimate of drug-likeness (QED) is 0.760.